The molecule has 0 radical (unpaired) electrons. The van der Waals surface area contributed by atoms with E-state index in [0.717, 1.165) is 43.4 Å². The van der Waals surface area contributed by atoms with E-state index in [-0.39, 0.29) is 35.9 Å². The minimum atomic E-state index is -0.918. The molecular weight excluding hydrogens is 387 g/mol. The highest BCUT2D eigenvalue weighted by Crippen LogP contribution is 2.36. The summed E-state index contributed by atoms with van der Waals surface area (Å²) in [5, 5.41) is 5.06. The van der Waals surface area contributed by atoms with Crippen LogP contribution in [0.3, 0.4) is 0 Å². The smallest absolute Gasteiger partial charge is 0.247 e. The van der Waals surface area contributed by atoms with Crippen molar-refractivity contribution in [1.29, 1.82) is 0 Å². The van der Waals surface area contributed by atoms with Gasteiger partial charge in [-0.3, -0.25) is 9.59 Å². The predicted octanol–water partition coefficient (Wildman–Crippen LogP) is 4.61. The zero-order chi connectivity index (χ0) is 20.2. The maximum absolute atomic E-state index is 14.7. The van der Waals surface area contributed by atoms with Gasteiger partial charge >= 0.3 is 0 Å². The van der Waals surface area contributed by atoms with Gasteiger partial charge in [-0.2, -0.15) is 0 Å². The van der Waals surface area contributed by atoms with Crippen molar-refractivity contribution >= 4 is 23.2 Å². The van der Waals surface area contributed by atoms with Crippen molar-refractivity contribution in [2.45, 2.75) is 69.5 Å². The highest BCUT2D eigenvalue weighted by molar-refractivity contribution is 7.10. The zero-order valence-electron chi connectivity index (χ0n) is 16.5. The van der Waals surface area contributed by atoms with E-state index < -0.39 is 11.9 Å². The van der Waals surface area contributed by atoms with E-state index in [1.54, 1.807) is 23.1 Å². The number of hydrogen-bond acceptors (Lipinski definition) is 3. The van der Waals surface area contributed by atoms with Crippen LogP contribution >= 0.6 is 11.3 Å². The van der Waals surface area contributed by atoms with Gasteiger partial charge in [0.1, 0.15) is 11.9 Å². The molecule has 154 valence electrons. The number of carbonyl (C=O) groups excluding carboxylic acids is 2. The molecule has 2 aliphatic rings. The molecule has 1 aromatic carbocycles. The number of hydrogen-bond donors (Lipinski definition) is 1. The van der Waals surface area contributed by atoms with Gasteiger partial charge < -0.3 is 10.2 Å². The molecular formula is C23H27FN2O2S. The normalized spacial score (nSPS) is 18.2. The fourth-order valence-corrected chi connectivity index (χ4v) is 4.90. The Morgan fingerprint density at radius 2 is 1.83 bits per heavy atom. The molecule has 2 aliphatic carbocycles. The molecule has 6 heteroatoms. The molecule has 1 heterocycles. The molecule has 0 spiro atoms. The number of carbonyl (C=O) groups is 2. The van der Waals surface area contributed by atoms with Crippen molar-refractivity contribution in [2.24, 2.45) is 0 Å². The lowest BCUT2D eigenvalue weighted by Gasteiger charge is -2.33. The first-order chi connectivity index (χ1) is 14.1. The van der Waals surface area contributed by atoms with Gasteiger partial charge in [-0.15, -0.1) is 11.3 Å². The van der Waals surface area contributed by atoms with Crippen molar-refractivity contribution in [3.8, 4) is 0 Å². The van der Waals surface area contributed by atoms with Crippen LogP contribution in [0, 0.1) is 5.82 Å². The molecule has 2 saturated carbocycles. The van der Waals surface area contributed by atoms with Crippen molar-refractivity contribution in [3.63, 3.8) is 0 Å². The number of thiophene rings is 1. The lowest BCUT2D eigenvalue weighted by atomic mass is 9.94. The van der Waals surface area contributed by atoms with E-state index in [0.29, 0.717) is 0 Å². The van der Waals surface area contributed by atoms with Gasteiger partial charge in [0.05, 0.1) is 6.42 Å². The van der Waals surface area contributed by atoms with Crippen LogP contribution in [0.1, 0.15) is 61.4 Å². The second kappa shape index (κ2) is 9.08. The molecule has 1 atom stereocenters. The van der Waals surface area contributed by atoms with E-state index in [1.807, 2.05) is 17.5 Å². The zero-order valence-corrected chi connectivity index (χ0v) is 17.3. The van der Waals surface area contributed by atoms with Gasteiger partial charge in [-0.05, 0) is 43.2 Å². The number of rotatable bonds is 7. The largest absolute Gasteiger partial charge is 0.351 e. The van der Waals surface area contributed by atoms with Crippen molar-refractivity contribution in [3.05, 3.63) is 58.0 Å². The lowest BCUT2D eigenvalue weighted by molar-refractivity contribution is -0.141. The summed E-state index contributed by atoms with van der Waals surface area (Å²) < 4.78 is 14.7. The van der Waals surface area contributed by atoms with Gasteiger partial charge in [0.2, 0.25) is 11.8 Å². The Morgan fingerprint density at radius 3 is 2.48 bits per heavy atom. The Bertz CT molecular complexity index is 844. The summed E-state index contributed by atoms with van der Waals surface area (Å²) >= 11 is 1.53. The summed E-state index contributed by atoms with van der Waals surface area (Å²) in [5.74, 6) is -0.804. The van der Waals surface area contributed by atoms with E-state index in [9.17, 15) is 14.0 Å². The topological polar surface area (TPSA) is 49.4 Å². The van der Waals surface area contributed by atoms with E-state index in [1.165, 1.54) is 23.8 Å². The molecule has 4 nitrogen and oxygen atoms in total. The SMILES string of the molecule is O=C(NC1CCCCC1)[C@H](c1ccccc1F)N(C(=O)Cc1cccs1)C1CC1. The molecule has 2 fully saturated rings. The molecule has 0 aliphatic heterocycles. The van der Waals surface area contributed by atoms with Crippen LogP contribution in [0.25, 0.3) is 0 Å². The van der Waals surface area contributed by atoms with Crippen LogP contribution in [-0.4, -0.2) is 28.8 Å². The number of halogens is 1. The van der Waals surface area contributed by atoms with Gasteiger partial charge in [0.15, 0.2) is 0 Å². The molecule has 29 heavy (non-hydrogen) atoms. The molecule has 1 aromatic heterocycles. The van der Waals surface area contributed by atoms with Crippen molar-refractivity contribution in [1.82, 2.24) is 10.2 Å². The second-order valence-corrected chi connectivity index (χ2v) is 9.09. The molecule has 4 rings (SSSR count). The van der Waals surface area contributed by atoms with Crippen LogP contribution < -0.4 is 5.32 Å². The first-order valence-electron chi connectivity index (χ1n) is 10.5. The summed E-state index contributed by atoms with van der Waals surface area (Å²) in [6.07, 6.45) is 7.24. The second-order valence-electron chi connectivity index (χ2n) is 8.06. The highest BCUT2D eigenvalue weighted by atomic mass is 32.1. The Kier molecular flexibility index (Phi) is 6.28. The summed E-state index contributed by atoms with van der Waals surface area (Å²) in [6, 6.07) is 9.38. The van der Waals surface area contributed by atoms with Crippen LogP contribution in [0.5, 0.6) is 0 Å². The van der Waals surface area contributed by atoms with Gasteiger partial charge in [-0.1, -0.05) is 43.5 Å². The summed E-state index contributed by atoms with van der Waals surface area (Å²) in [7, 11) is 0. The predicted molar refractivity (Wildman–Crippen MR) is 112 cm³/mol. The van der Waals surface area contributed by atoms with Crippen LogP contribution in [-0.2, 0) is 16.0 Å². The fourth-order valence-electron chi connectivity index (χ4n) is 4.21. The fraction of sp³-hybridized carbons (Fsp3) is 0.478. The molecule has 2 aromatic rings. The Hall–Kier alpha value is -2.21. The molecule has 1 N–H and O–H groups in total. The molecule has 0 bridgehead atoms. The van der Waals surface area contributed by atoms with E-state index in [4.69, 9.17) is 0 Å². The summed E-state index contributed by atoms with van der Waals surface area (Å²) in [5.41, 5.74) is 0.284. The van der Waals surface area contributed by atoms with E-state index >= 15 is 0 Å². The maximum atomic E-state index is 14.7. The third-order valence-electron chi connectivity index (χ3n) is 5.81. The average molecular weight is 415 g/mol. The minimum Gasteiger partial charge on any atom is -0.351 e. The maximum Gasteiger partial charge on any atom is 0.247 e. The third kappa shape index (κ3) is 4.86. The van der Waals surface area contributed by atoms with Crippen LogP contribution in [0.2, 0.25) is 0 Å². The summed E-state index contributed by atoms with van der Waals surface area (Å²) in [4.78, 5) is 29.2. The standard InChI is InChI=1S/C23H27FN2O2S/c24-20-11-5-4-10-19(20)22(23(28)25-16-7-2-1-3-8-16)26(17-12-13-17)21(27)15-18-9-6-14-29-18/h4-6,9-11,14,16-17,22H,1-3,7-8,12-13,15H2,(H,25,28)/t22-/m0/s1. The minimum absolute atomic E-state index is 0.00387. The highest BCUT2D eigenvalue weighted by Gasteiger charge is 2.42. The average Bonchev–Trinajstić information content (AvgIpc) is 3.43. The lowest BCUT2D eigenvalue weighted by Crippen LogP contribution is -2.48. The first-order valence-corrected chi connectivity index (χ1v) is 11.4. The number of nitrogens with one attached hydrogen (secondary N) is 1. The number of nitrogens with zero attached hydrogens (tertiary/aromatic N) is 1. The van der Waals surface area contributed by atoms with Gasteiger partial charge in [0.25, 0.3) is 0 Å². The van der Waals surface area contributed by atoms with Gasteiger partial charge in [-0.25, -0.2) is 4.39 Å². The molecule has 0 saturated heterocycles. The Morgan fingerprint density at radius 1 is 1.07 bits per heavy atom. The number of benzene rings is 1. The monoisotopic (exact) mass is 414 g/mol. The summed E-state index contributed by atoms with van der Waals surface area (Å²) in [6.45, 7) is 0. The Balaban J connectivity index is 1.62. The first kappa shape index (κ1) is 20.1. The quantitative estimate of drug-likeness (QED) is 0.719. The molecule has 2 amide bonds. The van der Waals surface area contributed by atoms with Crippen LogP contribution in [0.15, 0.2) is 41.8 Å². The van der Waals surface area contributed by atoms with Crippen molar-refractivity contribution in [2.75, 3.05) is 0 Å². The van der Waals surface area contributed by atoms with E-state index in [2.05, 4.69) is 5.32 Å². The third-order valence-corrected chi connectivity index (χ3v) is 6.69. The van der Waals surface area contributed by atoms with Gasteiger partial charge in [0, 0.05) is 22.5 Å². The number of amides is 2. The van der Waals surface area contributed by atoms with Crippen LogP contribution in [0.4, 0.5) is 4.39 Å². The Labute approximate surface area is 175 Å². The molecule has 0 unspecified atom stereocenters. The van der Waals surface area contributed by atoms with Crippen molar-refractivity contribution < 1.29 is 14.0 Å².